The van der Waals surface area contributed by atoms with Gasteiger partial charge in [-0.25, -0.2) is 9.07 Å². The fourth-order valence-electron chi connectivity index (χ4n) is 2.95. The SMILES string of the molecule is O=C(NCCOc1ccccc1F)c1cn(-c2ccccc2)nc1-c1cccnc1. The number of nitrogens with zero attached hydrogens (tertiary/aromatic N) is 3. The maximum atomic E-state index is 13.6. The van der Waals surface area contributed by atoms with E-state index in [1.54, 1.807) is 47.5 Å². The molecule has 0 saturated heterocycles. The van der Waals surface area contributed by atoms with Crippen LogP contribution >= 0.6 is 0 Å². The van der Waals surface area contributed by atoms with Crippen molar-refractivity contribution in [1.82, 2.24) is 20.1 Å². The van der Waals surface area contributed by atoms with Crippen molar-refractivity contribution < 1.29 is 13.9 Å². The number of benzene rings is 2. The first-order valence-corrected chi connectivity index (χ1v) is 9.43. The molecule has 150 valence electrons. The third kappa shape index (κ3) is 4.35. The molecule has 0 atom stereocenters. The number of hydrogen-bond donors (Lipinski definition) is 1. The largest absolute Gasteiger partial charge is 0.489 e. The summed E-state index contributed by atoms with van der Waals surface area (Å²) >= 11 is 0. The molecule has 7 heteroatoms. The van der Waals surface area contributed by atoms with Gasteiger partial charge in [0.1, 0.15) is 12.3 Å². The molecule has 0 aliphatic carbocycles. The normalized spacial score (nSPS) is 10.6. The first-order valence-electron chi connectivity index (χ1n) is 9.43. The summed E-state index contributed by atoms with van der Waals surface area (Å²) in [6, 6.07) is 19.3. The van der Waals surface area contributed by atoms with Crippen LogP contribution in [-0.2, 0) is 0 Å². The zero-order valence-corrected chi connectivity index (χ0v) is 16.0. The number of aromatic nitrogens is 3. The van der Waals surface area contributed by atoms with E-state index in [1.807, 2.05) is 36.4 Å². The van der Waals surface area contributed by atoms with Gasteiger partial charge in [-0.05, 0) is 36.4 Å². The zero-order chi connectivity index (χ0) is 20.8. The molecule has 2 aromatic heterocycles. The third-order valence-corrected chi connectivity index (χ3v) is 4.40. The highest BCUT2D eigenvalue weighted by Crippen LogP contribution is 2.23. The molecule has 0 aliphatic heterocycles. The van der Waals surface area contributed by atoms with Gasteiger partial charge in [0, 0.05) is 24.2 Å². The van der Waals surface area contributed by atoms with Crippen molar-refractivity contribution in [3.05, 3.63) is 96.7 Å². The molecule has 0 unspecified atom stereocenters. The van der Waals surface area contributed by atoms with Gasteiger partial charge in [0.25, 0.3) is 5.91 Å². The zero-order valence-electron chi connectivity index (χ0n) is 16.0. The van der Waals surface area contributed by atoms with Crippen LogP contribution in [0.25, 0.3) is 16.9 Å². The minimum absolute atomic E-state index is 0.141. The highest BCUT2D eigenvalue weighted by molar-refractivity contribution is 5.99. The maximum Gasteiger partial charge on any atom is 0.255 e. The number of pyridine rings is 1. The minimum Gasteiger partial charge on any atom is -0.489 e. The van der Waals surface area contributed by atoms with Gasteiger partial charge in [-0.1, -0.05) is 30.3 Å². The summed E-state index contributed by atoms with van der Waals surface area (Å²) in [5.41, 5.74) is 2.52. The van der Waals surface area contributed by atoms with E-state index >= 15 is 0 Å². The fourth-order valence-corrected chi connectivity index (χ4v) is 2.95. The van der Waals surface area contributed by atoms with E-state index in [2.05, 4.69) is 15.4 Å². The van der Waals surface area contributed by atoms with Crippen LogP contribution in [0.3, 0.4) is 0 Å². The van der Waals surface area contributed by atoms with Gasteiger partial charge in [0.15, 0.2) is 11.6 Å². The summed E-state index contributed by atoms with van der Waals surface area (Å²) in [6.45, 7) is 0.359. The Morgan fingerprint density at radius 2 is 1.83 bits per heavy atom. The number of halogens is 1. The monoisotopic (exact) mass is 402 g/mol. The van der Waals surface area contributed by atoms with E-state index < -0.39 is 5.82 Å². The van der Waals surface area contributed by atoms with Crippen LogP contribution in [0.1, 0.15) is 10.4 Å². The van der Waals surface area contributed by atoms with Crippen LogP contribution in [0, 0.1) is 5.82 Å². The van der Waals surface area contributed by atoms with Crippen molar-refractivity contribution >= 4 is 5.91 Å². The Hall–Kier alpha value is -4.00. The van der Waals surface area contributed by atoms with Gasteiger partial charge in [-0.3, -0.25) is 9.78 Å². The van der Waals surface area contributed by atoms with Crippen LogP contribution < -0.4 is 10.1 Å². The van der Waals surface area contributed by atoms with Crippen LogP contribution in [0.4, 0.5) is 4.39 Å². The highest BCUT2D eigenvalue weighted by atomic mass is 19.1. The van der Waals surface area contributed by atoms with E-state index in [4.69, 9.17) is 4.74 Å². The number of ether oxygens (including phenoxy) is 1. The second-order valence-corrected chi connectivity index (χ2v) is 6.45. The summed E-state index contributed by atoms with van der Waals surface area (Å²) in [4.78, 5) is 17.0. The second-order valence-electron chi connectivity index (χ2n) is 6.45. The summed E-state index contributed by atoms with van der Waals surface area (Å²) in [5, 5.41) is 7.40. The number of carbonyl (C=O) groups excluding carboxylic acids is 1. The van der Waals surface area contributed by atoms with Crippen LogP contribution in [-0.4, -0.2) is 33.8 Å². The lowest BCUT2D eigenvalue weighted by Crippen LogP contribution is -2.28. The summed E-state index contributed by atoms with van der Waals surface area (Å²) < 4.78 is 20.7. The molecule has 0 aliphatic rings. The van der Waals surface area contributed by atoms with Gasteiger partial charge in [-0.15, -0.1) is 0 Å². The Morgan fingerprint density at radius 3 is 2.60 bits per heavy atom. The molecule has 2 aromatic carbocycles. The van der Waals surface area contributed by atoms with Crippen molar-refractivity contribution in [1.29, 1.82) is 0 Å². The Labute approximate surface area is 173 Å². The Kier molecular flexibility index (Phi) is 5.80. The molecule has 0 bridgehead atoms. The number of para-hydroxylation sites is 2. The van der Waals surface area contributed by atoms with E-state index in [0.717, 1.165) is 11.3 Å². The third-order valence-electron chi connectivity index (χ3n) is 4.40. The van der Waals surface area contributed by atoms with Gasteiger partial charge in [-0.2, -0.15) is 5.10 Å². The first-order chi connectivity index (χ1) is 14.7. The molecule has 0 fully saturated rings. The molecular formula is C23H19FN4O2. The number of amides is 1. The molecule has 0 saturated carbocycles. The van der Waals surface area contributed by atoms with E-state index in [1.165, 1.54) is 6.07 Å². The predicted octanol–water partition coefficient (Wildman–Crippen LogP) is 3.88. The lowest BCUT2D eigenvalue weighted by Gasteiger charge is -2.08. The van der Waals surface area contributed by atoms with Gasteiger partial charge < -0.3 is 10.1 Å². The maximum absolute atomic E-state index is 13.6. The summed E-state index contributed by atoms with van der Waals surface area (Å²) in [5.74, 6) is -0.584. The van der Waals surface area contributed by atoms with E-state index in [0.29, 0.717) is 11.3 Å². The minimum atomic E-state index is -0.438. The van der Waals surface area contributed by atoms with Gasteiger partial charge in [0.05, 0.1) is 17.8 Å². The lowest BCUT2D eigenvalue weighted by atomic mass is 10.1. The average molecular weight is 402 g/mol. The lowest BCUT2D eigenvalue weighted by molar-refractivity contribution is 0.0947. The summed E-state index contributed by atoms with van der Waals surface area (Å²) in [6.07, 6.45) is 5.01. The van der Waals surface area contributed by atoms with Crippen molar-refractivity contribution in [3.8, 4) is 22.7 Å². The molecule has 0 radical (unpaired) electrons. The van der Waals surface area contributed by atoms with Crippen molar-refractivity contribution in [2.24, 2.45) is 0 Å². The molecule has 4 aromatic rings. The number of nitrogens with one attached hydrogen (secondary N) is 1. The first kappa shape index (κ1) is 19.3. The molecule has 1 amide bonds. The van der Waals surface area contributed by atoms with Crippen LogP contribution in [0.15, 0.2) is 85.3 Å². The van der Waals surface area contributed by atoms with Gasteiger partial charge in [0.2, 0.25) is 0 Å². The summed E-state index contributed by atoms with van der Waals surface area (Å²) in [7, 11) is 0. The van der Waals surface area contributed by atoms with Crippen LogP contribution in [0.2, 0.25) is 0 Å². The Bertz CT molecular complexity index is 1130. The number of rotatable bonds is 7. The average Bonchev–Trinajstić information content (AvgIpc) is 3.25. The molecule has 4 rings (SSSR count). The molecule has 30 heavy (non-hydrogen) atoms. The molecule has 1 N–H and O–H groups in total. The smallest absolute Gasteiger partial charge is 0.255 e. The quantitative estimate of drug-likeness (QED) is 0.476. The molecule has 2 heterocycles. The number of carbonyl (C=O) groups is 1. The Morgan fingerprint density at radius 1 is 1.03 bits per heavy atom. The number of hydrogen-bond acceptors (Lipinski definition) is 4. The molecule has 0 spiro atoms. The predicted molar refractivity (Wildman–Crippen MR) is 111 cm³/mol. The highest BCUT2D eigenvalue weighted by Gasteiger charge is 2.18. The standard InChI is InChI=1S/C23H19FN4O2/c24-20-10-4-5-11-21(20)30-14-13-26-23(29)19-16-28(18-8-2-1-3-9-18)27-22(19)17-7-6-12-25-15-17/h1-12,15-16H,13-14H2,(H,26,29). The van der Waals surface area contributed by atoms with Gasteiger partial charge >= 0.3 is 0 Å². The van der Waals surface area contributed by atoms with Crippen molar-refractivity contribution in [2.45, 2.75) is 0 Å². The second kappa shape index (κ2) is 9.00. The fraction of sp³-hybridized carbons (Fsp3) is 0.0870. The van der Waals surface area contributed by atoms with E-state index in [-0.39, 0.29) is 24.8 Å². The Balaban J connectivity index is 1.51. The van der Waals surface area contributed by atoms with E-state index in [9.17, 15) is 9.18 Å². The molecular weight excluding hydrogens is 383 g/mol. The van der Waals surface area contributed by atoms with Crippen molar-refractivity contribution in [2.75, 3.05) is 13.2 Å². The molecule has 6 nitrogen and oxygen atoms in total. The van der Waals surface area contributed by atoms with Crippen molar-refractivity contribution in [3.63, 3.8) is 0 Å². The topological polar surface area (TPSA) is 69.0 Å². The van der Waals surface area contributed by atoms with Crippen LogP contribution in [0.5, 0.6) is 5.75 Å².